The summed E-state index contributed by atoms with van der Waals surface area (Å²) in [6.45, 7) is 5.16. The number of unbranched alkanes of at least 4 members (excludes halogenated alkanes) is 14. The van der Waals surface area contributed by atoms with E-state index in [0.717, 1.165) is 64.2 Å². The quantitative estimate of drug-likeness (QED) is 0.0474. The SMILES string of the molecule is CC/C=C\C/C=C\C/C=C\C/C=C\C/C=C\CCCCCCOCC(CO)OC(=O)CCCCCCCCCCCCC. The van der Waals surface area contributed by atoms with Gasteiger partial charge in [0.2, 0.25) is 0 Å². The van der Waals surface area contributed by atoms with Crippen LogP contribution in [0.4, 0.5) is 0 Å². The highest BCUT2D eigenvalue weighted by molar-refractivity contribution is 5.69. The summed E-state index contributed by atoms with van der Waals surface area (Å²) >= 11 is 0. The molecule has 248 valence electrons. The van der Waals surface area contributed by atoms with Crippen LogP contribution in [0.2, 0.25) is 0 Å². The number of hydrogen-bond donors (Lipinski definition) is 1. The van der Waals surface area contributed by atoms with Crippen molar-refractivity contribution >= 4 is 5.97 Å². The van der Waals surface area contributed by atoms with E-state index >= 15 is 0 Å². The summed E-state index contributed by atoms with van der Waals surface area (Å²) in [6, 6.07) is 0. The van der Waals surface area contributed by atoms with E-state index in [9.17, 15) is 9.90 Å². The molecule has 0 aromatic heterocycles. The van der Waals surface area contributed by atoms with Crippen molar-refractivity contribution < 1.29 is 19.4 Å². The summed E-state index contributed by atoms with van der Waals surface area (Å²) in [7, 11) is 0. The molecule has 0 saturated carbocycles. The highest BCUT2D eigenvalue weighted by atomic mass is 16.6. The first kappa shape index (κ1) is 41.1. The van der Waals surface area contributed by atoms with Crippen molar-refractivity contribution in [2.75, 3.05) is 19.8 Å². The predicted octanol–water partition coefficient (Wildman–Crippen LogP) is 11.3. The molecule has 4 nitrogen and oxygen atoms in total. The molecule has 0 spiro atoms. The number of aliphatic hydroxyl groups is 1. The van der Waals surface area contributed by atoms with Gasteiger partial charge in [-0.05, 0) is 57.8 Å². The molecule has 0 aliphatic carbocycles. The van der Waals surface area contributed by atoms with Gasteiger partial charge in [-0.25, -0.2) is 0 Å². The Hall–Kier alpha value is -1.91. The summed E-state index contributed by atoms with van der Waals surface area (Å²) in [5.74, 6) is -0.214. The number of carbonyl (C=O) groups is 1. The predicted molar refractivity (Wildman–Crippen MR) is 186 cm³/mol. The van der Waals surface area contributed by atoms with E-state index in [1.165, 1.54) is 70.6 Å². The molecule has 0 radical (unpaired) electrons. The van der Waals surface area contributed by atoms with E-state index < -0.39 is 6.10 Å². The van der Waals surface area contributed by atoms with E-state index in [1.807, 2.05) is 0 Å². The smallest absolute Gasteiger partial charge is 0.306 e. The highest BCUT2D eigenvalue weighted by Crippen LogP contribution is 2.12. The van der Waals surface area contributed by atoms with Gasteiger partial charge < -0.3 is 14.6 Å². The molecule has 1 N–H and O–H groups in total. The third kappa shape index (κ3) is 34.4. The van der Waals surface area contributed by atoms with Crippen LogP contribution in [0.1, 0.15) is 155 Å². The molecule has 1 unspecified atom stereocenters. The average molecular weight is 601 g/mol. The van der Waals surface area contributed by atoms with Crippen LogP contribution < -0.4 is 0 Å². The molecule has 0 aromatic rings. The number of allylic oxidation sites excluding steroid dienone is 10. The Balaban J connectivity index is 3.54. The Morgan fingerprint density at radius 3 is 1.58 bits per heavy atom. The van der Waals surface area contributed by atoms with E-state index in [1.54, 1.807) is 0 Å². The fraction of sp³-hybridized carbons (Fsp3) is 0.718. The molecule has 0 rings (SSSR count). The van der Waals surface area contributed by atoms with Crippen LogP contribution in [-0.2, 0) is 14.3 Å². The lowest BCUT2D eigenvalue weighted by Crippen LogP contribution is -2.27. The van der Waals surface area contributed by atoms with Crippen molar-refractivity contribution in [3.05, 3.63) is 60.8 Å². The number of rotatable bonds is 32. The van der Waals surface area contributed by atoms with E-state index in [2.05, 4.69) is 74.6 Å². The van der Waals surface area contributed by atoms with Gasteiger partial charge in [0.25, 0.3) is 0 Å². The number of esters is 1. The number of aliphatic hydroxyl groups excluding tert-OH is 1. The van der Waals surface area contributed by atoms with Crippen molar-refractivity contribution in [2.24, 2.45) is 0 Å². The molecule has 0 bridgehead atoms. The second-order valence-corrected chi connectivity index (χ2v) is 11.6. The molecule has 0 heterocycles. The molecule has 0 aromatic carbocycles. The van der Waals surface area contributed by atoms with E-state index in [-0.39, 0.29) is 19.2 Å². The van der Waals surface area contributed by atoms with Crippen LogP contribution in [0.3, 0.4) is 0 Å². The normalized spacial score (nSPS) is 13.1. The zero-order chi connectivity index (χ0) is 31.3. The summed E-state index contributed by atoms with van der Waals surface area (Å²) in [5, 5.41) is 9.53. The Bertz CT molecular complexity index is 719. The van der Waals surface area contributed by atoms with Gasteiger partial charge in [0.1, 0.15) is 6.10 Å². The third-order valence-corrected chi connectivity index (χ3v) is 7.36. The first-order chi connectivity index (χ1) is 21.2. The first-order valence-corrected chi connectivity index (χ1v) is 17.9. The standard InChI is InChI=1S/C39H68O4/c1-3-5-7-9-11-13-15-16-17-18-19-20-21-22-23-25-27-29-31-33-35-42-37-38(36-40)43-39(41)34-32-30-28-26-24-14-12-10-8-6-4-2/h5,7,11,13,16-17,19-20,22-23,38,40H,3-4,6,8-10,12,14-15,18,21,24-37H2,1-2H3/b7-5-,13-11-,17-16-,20-19-,23-22-. The topological polar surface area (TPSA) is 55.8 Å². The average Bonchev–Trinajstić information content (AvgIpc) is 3.01. The summed E-state index contributed by atoms with van der Waals surface area (Å²) in [4.78, 5) is 12.1. The van der Waals surface area contributed by atoms with Crippen LogP contribution in [0, 0.1) is 0 Å². The molecule has 1 atom stereocenters. The molecule has 0 aliphatic rings. The fourth-order valence-corrected chi connectivity index (χ4v) is 4.71. The van der Waals surface area contributed by atoms with Gasteiger partial charge in [0, 0.05) is 13.0 Å². The Morgan fingerprint density at radius 2 is 1.05 bits per heavy atom. The van der Waals surface area contributed by atoms with E-state index in [4.69, 9.17) is 9.47 Å². The fourth-order valence-electron chi connectivity index (χ4n) is 4.71. The summed E-state index contributed by atoms with van der Waals surface area (Å²) in [6.07, 6.45) is 46.9. The van der Waals surface area contributed by atoms with Crippen molar-refractivity contribution in [1.29, 1.82) is 0 Å². The molecule has 0 saturated heterocycles. The number of ether oxygens (including phenoxy) is 2. The van der Waals surface area contributed by atoms with Crippen LogP contribution in [-0.4, -0.2) is 37.0 Å². The monoisotopic (exact) mass is 601 g/mol. The largest absolute Gasteiger partial charge is 0.457 e. The maximum absolute atomic E-state index is 12.1. The van der Waals surface area contributed by atoms with Crippen molar-refractivity contribution in [2.45, 2.75) is 161 Å². The molecule has 43 heavy (non-hydrogen) atoms. The lowest BCUT2D eigenvalue weighted by Gasteiger charge is -2.15. The van der Waals surface area contributed by atoms with Gasteiger partial charge in [-0.3, -0.25) is 4.79 Å². The second kappa shape index (κ2) is 36.3. The minimum Gasteiger partial charge on any atom is -0.457 e. The van der Waals surface area contributed by atoms with Crippen molar-refractivity contribution in [1.82, 2.24) is 0 Å². The van der Waals surface area contributed by atoms with Gasteiger partial charge in [0.05, 0.1) is 13.2 Å². The molecular weight excluding hydrogens is 532 g/mol. The second-order valence-electron chi connectivity index (χ2n) is 11.6. The highest BCUT2D eigenvalue weighted by Gasteiger charge is 2.13. The Morgan fingerprint density at radius 1 is 0.581 bits per heavy atom. The maximum atomic E-state index is 12.1. The van der Waals surface area contributed by atoms with Crippen LogP contribution in [0.15, 0.2) is 60.8 Å². The van der Waals surface area contributed by atoms with Crippen molar-refractivity contribution in [3.8, 4) is 0 Å². The van der Waals surface area contributed by atoms with Gasteiger partial charge in [0.15, 0.2) is 0 Å². The van der Waals surface area contributed by atoms with Crippen molar-refractivity contribution in [3.63, 3.8) is 0 Å². The van der Waals surface area contributed by atoms with Gasteiger partial charge in [-0.2, -0.15) is 0 Å². The van der Waals surface area contributed by atoms with Crippen LogP contribution in [0.5, 0.6) is 0 Å². The number of hydrogen-bond acceptors (Lipinski definition) is 4. The molecule has 4 heteroatoms. The molecular formula is C39H68O4. The van der Waals surface area contributed by atoms with Gasteiger partial charge >= 0.3 is 5.97 Å². The minimum atomic E-state index is -0.546. The first-order valence-electron chi connectivity index (χ1n) is 17.9. The number of carbonyl (C=O) groups excluding carboxylic acids is 1. The molecule has 0 aliphatic heterocycles. The van der Waals surface area contributed by atoms with Gasteiger partial charge in [-0.15, -0.1) is 0 Å². The summed E-state index contributed by atoms with van der Waals surface area (Å²) in [5.41, 5.74) is 0. The maximum Gasteiger partial charge on any atom is 0.306 e. The van der Waals surface area contributed by atoms with E-state index in [0.29, 0.717) is 13.0 Å². The van der Waals surface area contributed by atoms with Gasteiger partial charge in [-0.1, -0.05) is 152 Å². The third-order valence-electron chi connectivity index (χ3n) is 7.36. The zero-order valence-electron chi connectivity index (χ0n) is 28.2. The lowest BCUT2D eigenvalue weighted by molar-refractivity contribution is -0.154. The Kier molecular flexibility index (Phi) is 34.7. The molecule has 0 amide bonds. The Labute approximate surface area is 266 Å². The van der Waals surface area contributed by atoms with Crippen LogP contribution >= 0.6 is 0 Å². The molecule has 0 fully saturated rings. The summed E-state index contributed by atoms with van der Waals surface area (Å²) < 4.78 is 11.1. The zero-order valence-corrected chi connectivity index (χ0v) is 28.2. The minimum absolute atomic E-state index is 0.183. The van der Waals surface area contributed by atoms with Crippen LogP contribution in [0.25, 0.3) is 0 Å². The lowest BCUT2D eigenvalue weighted by atomic mass is 10.1.